The Bertz CT molecular complexity index is 524. The topological polar surface area (TPSA) is 84.7 Å². The van der Waals surface area contributed by atoms with Crippen molar-refractivity contribution in [1.82, 2.24) is 4.72 Å². The summed E-state index contributed by atoms with van der Waals surface area (Å²) < 4.78 is 26.2. The minimum Gasteiger partial charge on any atom is -0.397 e. The summed E-state index contributed by atoms with van der Waals surface area (Å²) in [7, 11) is -3.47. The molecule has 0 spiro atoms. The second-order valence-electron chi connectivity index (χ2n) is 4.01. The molecule has 1 aliphatic heterocycles. The van der Waals surface area contributed by atoms with E-state index in [1.165, 1.54) is 6.07 Å². The fourth-order valence-corrected chi connectivity index (χ4v) is 2.88. The third-order valence-corrected chi connectivity index (χ3v) is 4.21. The Hall–Kier alpha value is -1.31. The number of nitrogens with zero attached hydrogens (tertiary/aromatic N) is 1. The highest BCUT2D eigenvalue weighted by Gasteiger charge is 2.20. The van der Waals surface area contributed by atoms with Crippen LogP contribution in [0.4, 0.5) is 11.4 Å². The molecular formula is C11H17N3O3S. The number of benzene rings is 1. The number of hydroxylamine groups is 1. The van der Waals surface area contributed by atoms with Crippen molar-refractivity contribution in [2.75, 3.05) is 30.5 Å². The van der Waals surface area contributed by atoms with E-state index in [1.54, 1.807) is 24.1 Å². The minimum atomic E-state index is -3.47. The highest BCUT2D eigenvalue weighted by atomic mass is 32.2. The molecule has 2 rings (SSSR count). The summed E-state index contributed by atoms with van der Waals surface area (Å²) in [6, 6.07) is 4.62. The van der Waals surface area contributed by atoms with Crippen molar-refractivity contribution < 1.29 is 13.3 Å². The first-order valence-corrected chi connectivity index (χ1v) is 7.32. The van der Waals surface area contributed by atoms with Crippen LogP contribution in [0.25, 0.3) is 0 Å². The third-order valence-electron chi connectivity index (χ3n) is 2.67. The first kappa shape index (κ1) is 13.1. The van der Waals surface area contributed by atoms with Crippen molar-refractivity contribution in [3.63, 3.8) is 0 Å². The third kappa shape index (κ3) is 2.58. The summed E-state index contributed by atoms with van der Waals surface area (Å²) in [4.78, 5) is 5.58. The van der Waals surface area contributed by atoms with Crippen molar-refractivity contribution in [3.8, 4) is 0 Å². The standard InChI is InChI=1S/C11H17N3O3S/c1-2-13-18(15,16)9-4-5-10(12)11(8-9)14-6-3-7-17-14/h4-5,8,13H,2-3,6-7,12H2,1H3. The lowest BCUT2D eigenvalue weighted by Gasteiger charge is -2.19. The predicted octanol–water partition coefficient (Wildman–Crippen LogP) is 0.709. The maximum Gasteiger partial charge on any atom is 0.240 e. The zero-order chi connectivity index (χ0) is 13.2. The van der Waals surface area contributed by atoms with Crippen molar-refractivity contribution in [2.24, 2.45) is 0 Å². The number of rotatable bonds is 4. The van der Waals surface area contributed by atoms with Crippen LogP contribution in [0.15, 0.2) is 23.1 Å². The molecule has 1 aliphatic rings. The maximum atomic E-state index is 11.9. The van der Waals surface area contributed by atoms with Crippen molar-refractivity contribution >= 4 is 21.4 Å². The maximum absolute atomic E-state index is 11.9. The molecular weight excluding hydrogens is 254 g/mol. The Morgan fingerprint density at radius 1 is 1.50 bits per heavy atom. The van der Waals surface area contributed by atoms with Gasteiger partial charge in [0.05, 0.1) is 22.9 Å². The van der Waals surface area contributed by atoms with Crippen molar-refractivity contribution in [3.05, 3.63) is 18.2 Å². The Labute approximate surface area is 107 Å². The molecule has 0 aliphatic carbocycles. The van der Waals surface area contributed by atoms with Gasteiger partial charge in [0, 0.05) is 13.1 Å². The van der Waals surface area contributed by atoms with Gasteiger partial charge in [-0.1, -0.05) is 6.92 Å². The van der Waals surface area contributed by atoms with Crippen LogP contribution in [0, 0.1) is 0 Å². The average molecular weight is 271 g/mol. The quantitative estimate of drug-likeness (QED) is 0.788. The molecule has 1 aromatic rings. The molecule has 0 saturated carbocycles. The lowest BCUT2D eigenvalue weighted by molar-refractivity contribution is 0.168. The normalized spacial score (nSPS) is 16.2. The van der Waals surface area contributed by atoms with Gasteiger partial charge < -0.3 is 5.73 Å². The van der Waals surface area contributed by atoms with E-state index in [4.69, 9.17) is 10.6 Å². The van der Waals surface area contributed by atoms with E-state index in [0.29, 0.717) is 24.5 Å². The van der Waals surface area contributed by atoms with E-state index in [1.807, 2.05) is 0 Å². The second kappa shape index (κ2) is 5.13. The molecule has 1 saturated heterocycles. The number of sulfonamides is 1. The van der Waals surface area contributed by atoms with E-state index < -0.39 is 10.0 Å². The Balaban J connectivity index is 2.37. The van der Waals surface area contributed by atoms with Gasteiger partial charge in [-0.15, -0.1) is 0 Å². The monoisotopic (exact) mass is 271 g/mol. The lowest BCUT2D eigenvalue weighted by Crippen LogP contribution is -2.24. The largest absolute Gasteiger partial charge is 0.397 e. The first-order valence-electron chi connectivity index (χ1n) is 5.84. The zero-order valence-corrected chi connectivity index (χ0v) is 11.0. The van der Waals surface area contributed by atoms with Gasteiger partial charge in [0.1, 0.15) is 0 Å². The highest BCUT2D eigenvalue weighted by Crippen LogP contribution is 2.28. The molecule has 18 heavy (non-hydrogen) atoms. The number of hydrogen-bond donors (Lipinski definition) is 2. The number of nitrogens with two attached hydrogens (primary N) is 1. The number of anilines is 2. The fraction of sp³-hybridized carbons (Fsp3) is 0.455. The molecule has 0 radical (unpaired) electrons. The Morgan fingerprint density at radius 2 is 2.28 bits per heavy atom. The van der Waals surface area contributed by atoms with E-state index >= 15 is 0 Å². The molecule has 0 unspecified atom stereocenters. The summed E-state index contributed by atoms with van der Waals surface area (Å²) in [6.07, 6.45) is 0.906. The van der Waals surface area contributed by atoms with Crippen LogP contribution in [0.2, 0.25) is 0 Å². The van der Waals surface area contributed by atoms with Crippen LogP contribution >= 0.6 is 0 Å². The van der Waals surface area contributed by atoms with Gasteiger partial charge in [-0.05, 0) is 24.6 Å². The Kier molecular flexibility index (Phi) is 3.74. The van der Waals surface area contributed by atoms with Crippen molar-refractivity contribution in [1.29, 1.82) is 0 Å². The van der Waals surface area contributed by atoms with Crippen LogP contribution in [-0.4, -0.2) is 28.1 Å². The summed E-state index contributed by atoms with van der Waals surface area (Å²) in [5, 5.41) is 1.64. The van der Waals surface area contributed by atoms with Gasteiger partial charge in [0.2, 0.25) is 10.0 Å². The van der Waals surface area contributed by atoms with Crippen LogP contribution in [0.3, 0.4) is 0 Å². The molecule has 0 bridgehead atoms. The van der Waals surface area contributed by atoms with Gasteiger partial charge in [0.15, 0.2) is 0 Å². The molecule has 6 nitrogen and oxygen atoms in total. The minimum absolute atomic E-state index is 0.198. The molecule has 0 amide bonds. The van der Waals surface area contributed by atoms with Crippen LogP contribution in [0.5, 0.6) is 0 Å². The average Bonchev–Trinajstić information content (AvgIpc) is 2.82. The highest BCUT2D eigenvalue weighted by molar-refractivity contribution is 7.89. The van der Waals surface area contributed by atoms with Gasteiger partial charge in [0.25, 0.3) is 0 Å². The van der Waals surface area contributed by atoms with Gasteiger partial charge in [-0.3, -0.25) is 9.90 Å². The number of nitrogens with one attached hydrogen (secondary N) is 1. The van der Waals surface area contributed by atoms with Gasteiger partial charge >= 0.3 is 0 Å². The Morgan fingerprint density at radius 3 is 2.89 bits per heavy atom. The van der Waals surface area contributed by atoms with E-state index in [9.17, 15) is 8.42 Å². The smallest absolute Gasteiger partial charge is 0.240 e. The van der Waals surface area contributed by atoms with Crippen molar-refractivity contribution in [2.45, 2.75) is 18.2 Å². The fourth-order valence-electron chi connectivity index (χ4n) is 1.82. The lowest BCUT2D eigenvalue weighted by atomic mass is 10.2. The molecule has 1 fully saturated rings. The molecule has 1 heterocycles. The van der Waals surface area contributed by atoms with E-state index in [2.05, 4.69) is 4.72 Å². The number of hydrogen-bond acceptors (Lipinski definition) is 5. The van der Waals surface area contributed by atoms with Gasteiger partial charge in [-0.25, -0.2) is 13.1 Å². The molecule has 1 aromatic carbocycles. The summed E-state index contributed by atoms with van der Waals surface area (Å²) in [5.41, 5.74) is 6.96. The summed E-state index contributed by atoms with van der Waals surface area (Å²) in [6.45, 7) is 3.43. The summed E-state index contributed by atoms with van der Waals surface area (Å²) >= 11 is 0. The SMILES string of the molecule is CCNS(=O)(=O)c1ccc(N)c(N2CCCO2)c1. The number of nitrogen functional groups attached to an aromatic ring is 1. The summed E-state index contributed by atoms with van der Waals surface area (Å²) in [5.74, 6) is 0. The molecule has 0 aromatic heterocycles. The molecule has 7 heteroatoms. The first-order chi connectivity index (χ1) is 8.54. The zero-order valence-electron chi connectivity index (χ0n) is 10.2. The predicted molar refractivity (Wildman–Crippen MR) is 69.6 cm³/mol. The van der Waals surface area contributed by atoms with Crippen LogP contribution < -0.4 is 15.5 Å². The van der Waals surface area contributed by atoms with E-state index in [-0.39, 0.29) is 4.90 Å². The molecule has 0 atom stereocenters. The molecule has 100 valence electrons. The van der Waals surface area contributed by atoms with Crippen LogP contribution in [0.1, 0.15) is 13.3 Å². The van der Waals surface area contributed by atoms with Gasteiger partial charge in [-0.2, -0.15) is 0 Å². The second-order valence-corrected chi connectivity index (χ2v) is 5.78. The van der Waals surface area contributed by atoms with Crippen LogP contribution in [-0.2, 0) is 14.9 Å². The molecule has 3 N–H and O–H groups in total. The van der Waals surface area contributed by atoms with E-state index in [0.717, 1.165) is 13.0 Å².